The largest absolute Gasteiger partial charge is 0.335 e. The summed E-state index contributed by atoms with van der Waals surface area (Å²) in [6.07, 6.45) is 2.99. The number of rotatable bonds is 3. The molecule has 1 amide bonds. The molecule has 0 N–H and O–H groups in total. The summed E-state index contributed by atoms with van der Waals surface area (Å²) in [4.78, 5) is 14.7. The third-order valence-corrected chi connectivity index (χ3v) is 4.86. The molecule has 0 bridgehead atoms. The van der Waals surface area contributed by atoms with Gasteiger partial charge in [0.15, 0.2) is 0 Å². The molecule has 22 heavy (non-hydrogen) atoms. The van der Waals surface area contributed by atoms with Gasteiger partial charge in [-0.1, -0.05) is 53.5 Å². The molecule has 1 aliphatic heterocycles. The second-order valence-corrected chi connectivity index (χ2v) is 6.43. The highest BCUT2D eigenvalue weighted by atomic mass is 35.5. The van der Waals surface area contributed by atoms with Crippen molar-refractivity contribution in [1.29, 1.82) is 0 Å². The molecule has 2 aromatic rings. The minimum atomic E-state index is 0.0389. The van der Waals surface area contributed by atoms with Crippen molar-refractivity contribution >= 4 is 29.1 Å². The van der Waals surface area contributed by atoms with E-state index in [0.29, 0.717) is 15.6 Å². The van der Waals surface area contributed by atoms with Crippen molar-refractivity contribution in [2.75, 3.05) is 6.54 Å². The average Bonchev–Trinajstić information content (AvgIpc) is 2.98. The third-order valence-electron chi connectivity index (χ3n) is 4.12. The summed E-state index contributed by atoms with van der Waals surface area (Å²) >= 11 is 12.0. The number of halogens is 2. The maximum Gasteiger partial charge on any atom is 0.254 e. The normalized spacial score (nSPS) is 17.7. The molecule has 1 atom stereocenters. The number of carbonyl (C=O) groups excluding carboxylic acids is 1. The van der Waals surface area contributed by atoms with Crippen LogP contribution in [0.3, 0.4) is 0 Å². The fourth-order valence-corrected chi connectivity index (χ4v) is 3.29. The molecule has 1 aliphatic rings. The van der Waals surface area contributed by atoms with Gasteiger partial charge in [0.2, 0.25) is 0 Å². The van der Waals surface area contributed by atoms with Crippen LogP contribution >= 0.6 is 23.2 Å². The quantitative estimate of drug-likeness (QED) is 0.786. The van der Waals surface area contributed by atoms with Crippen LogP contribution in [0, 0.1) is 0 Å². The molecule has 1 heterocycles. The van der Waals surface area contributed by atoms with Crippen molar-refractivity contribution in [3.05, 3.63) is 69.7 Å². The Labute approximate surface area is 140 Å². The van der Waals surface area contributed by atoms with Gasteiger partial charge in [-0.15, -0.1) is 0 Å². The van der Waals surface area contributed by atoms with Crippen molar-refractivity contribution in [2.24, 2.45) is 0 Å². The van der Waals surface area contributed by atoms with Crippen molar-refractivity contribution in [3.8, 4) is 0 Å². The lowest BCUT2D eigenvalue weighted by atomic mass is 10.0. The zero-order chi connectivity index (χ0) is 15.5. The number of hydrogen-bond acceptors (Lipinski definition) is 1. The van der Waals surface area contributed by atoms with Crippen molar-refractivity contribution in [2.45, 2.75) is 25.3 Å². The number of carbonyl (C=O) groups is 1. The summed E-state index contributed by atoms with van der Waals surface area (Å²) in [5.41, 5.74) is 1.87. The molecule has 2 nitrogen and oxygen atoms in total. The number of likely N-dealkylation sites (tertiary alicyclic amines) is 1. The molecule has 4 heteroatoms. The van der Waals surface area contributed by atoms with E-state index in [9.17, 15) is 4.79 Å². The lowest BCUT2D eigenvalue weighted by molar-refractivity contribution is 0.0736. The average molecular weight is 334 g/mol. The molecular formula is C18H17Cl2NO. The Balaban J connectivity index is 1.77. The molecule has 0 radical (unpaired) electrons. The first-order valence-electron chi connectivity index (χ1n) is 7.45. The minimum absolute atomic E-state index is 0.0389. The Kier molecular flexibility index (Phi) is 4.70. The maximum atomic E-state index is 12.7. The highest BCUT2D eigenvalue weighted by molar-refractivity contribution is 6.42. The van der Waals surface area contributed by atoms with E-state index in [1.807, 2.05) is 23.1 Å². The molecule has 0 saturated carbocycles. The van der Waals surface area contributed by atoms with Crippen LogP contribution in [0.2, 0.25) is 10.0 Å². The monoisotopic (exact) mass is 333 g/mol. The molecule has 114 valence electrons. The van der Waals surface area contributed by atoms with Gasteiger partial charge in [0.25, 0.3) is 5.91 Å². The molecular weight excluding hydrogens is 317 g/mol. The Bertz CT molecular complexity index is 672. The van der Waals surface area contributed by atoms with E-state index >= 15 is 0 Å². The maximum absolute atomic E-state index is 12.7. The second-order valence-electron chi connectivity index (χ2n) is 5.61. The molecule has 0 aromatic heterocycles. The van der Waals surface area contributed by atoms with Crippen molar-refractivity contribution in [3.63, 3.8) is 0 Å². The van der Waals surface area contributed by atoms with Gasteiger partial charge in [0, 0.05) is 18.2 Å². The SMILES string of the molecule is O=C(c1ccc(Cl)c(Cl)c1)N1CCCC1Cc1ccccc1. The van der Waals surface area contributed by atoms with Gasteiger partial charge in [-0.25, -0.2) is 0 Å². The summed E-state index contributed by atoms with van der Waals surface area (Å²) < 4.78 is 0. The Hall–Kier alpha value is -1.51. The van der Waals surface area contributed by atoms with Gasteiger partial charge < -0.3 is 4.90 Å². The Morgan fingerprint density at radius 3 is 2.59 bits per heavy atom. The molecule has 1 unspecified atom stereocenters. The van der Waals surface area contributed by atoms with Crippen molar-refractivity contribution < 1.29 is 4.79 Å². The number of amides is 1. The summed E-state index contributed by atoms with van der Waals surface area (Å²) in [5, 5.41) is 0.895. The van der Waals surface area contributed by atoms with E-state index in [1.165, 1.54) is 5.56 Å². The lowest BCUT2D eigenvalue weighted by Gasteiger charge is -2.25. The predicted molar refractivity (Wildman–Crippen MR) is 90.7 cm³/mol. The fraction of sp³-hybridized carbons (Fsp3) is 0.278. The molecule has 0 aliphatic carbocycles. The van der Waals surface area contributed by atoms with Gasteiger partial charge in [0.1, 0.15) is 0 Å². The summed E-state index contributed by atoms with van der Waals surface area (Å²) in [5.74, 6) is 0.0389. The molecule has 1 saturated heterocycles. The van der Waals surface area contributed by atoms with Crippen molar-refractivity contribution in [1.82, 2.24) is 4.90 Å². The number of nitrogens with zero attached hydrogens (tertiary/aromatic N) is 1. The van der Waals surface area contributed by atoms with Gasteiger partial charge >= 0.3 is 0 Å². The highest BCUT2D eigenvalue weighted by Gasteiger charge is 2.29. The highest BCUT2D eigenvalue weighted by Crippen LogP contribution is 2.27. The van der Waals surface area contributed by atoms with Gasteiger partial charge in [0.05, 0.1) is 10.0 Å². The second kappa shape index (κ2) is 6.72. The first-order chi connectivity index (χ1) is 10.6. The van der Waals surface area contributed by atoms with Gasteiger partial charge in [-0.2, -0.15) is 0 Å². The number of hydrogen-bond donors (Lipinski definition) is 0. The summed E-state index contributed by atoms with van der Waals surface area (Å²) in [6.45, 7) is 0.802. The molecule has 1 fully saturated rings. The first-order valence-corrected chi connectivity index (χ1v) is 8.20. The standard InChI is InChI=1S/C18H17Cl2NO/c19-16-9-8-14(12-17(16)20)18(22)21-10-4-7-15(21)11-13-5-2-1-3-6-13/h1-3,5-6,8-9,12,15H,4,7,10-11H2. The molecule has 2 aromatic carbocycles. The summed E-state index contributed by atoms with van der Waals surface area (Å²) in [7, 11) is 0. The van der Waals surface area contributed by atoms with E-state index in [1.54, 1.807) is 18.2 Å². The van der Waals surface area contributed by atoms with Crippen LogP contribution in [0.25, 0.3) is 0 Å². The van der Waals surface area contributed by atoms with Crippen LogP contribution in [0.1, 0.15) is 28.8 Å². The molecule has 3 rings (SSSR count). The van der Waals surface area contributed by atoms with Crippen LogP contribution in [0.5, 0.6) is 0 Å². The fourth-order valence-electron chi connectivity index (χ4n) is 3.00. The smallest absolute Gasteiger partial charge is 0.254 e. The van der Waals surface area contributed by atoms with E-state index < -0.39 is 0 Å². The zero-order valence-corrected chi connectivity index (χ0v) is 13.6. The predicted octanol–water partition coefficient (Wildman–Crippen LogP) is 4.84. The van der Waals surface area contributed by atoms with E-state index in [2.05, 4.69) is 12.1 Å². The van der Waals surface area contributed by atoms with Crippen LogP contribution in [-0.2, 0) is 6.42 Å². The van der Waals surface area contributed by atoms with Crippen LogP contribution in [-0.4, -0.2) is 23.4 Å². The van der Waals surface area contributed by atoms with E-state index in [0.717, 1.165) is 25.8 Å². The Morgan fingerprint density at radius 2 is 1.86 bits per heavy atom. The molecule has 0 spiro atoms. The zero-order valence-electron chi connectivity index (χ0n) is 12.1. The minimum Gasteiger partial charge on any atom is -0.335 e. The van der Waals surface area contributed by atoms with Crippen LogP contribution in [0.4, 0.5) is 0 Å². The summed E-state index contributed by atoms with van der Waals surface area (Å²) in [6, 6.07) is 15.6. The van der Waals surface area contributed by atoms with Gasteiger partial charge in [-0.3, -0.25) is 4.79 Å². The van der Waals surface area contributed by atoms with Crippen LogP contribution in [0.15, 0.2) is 48.5 Å². The first kappa shape index (κ1) is 15.4. The van der Waals surface area contributed by atoms with Gasteiger partial charge in [-0.05, 0) is 43.0 Å². The number of benzene rings is 2. The van der Waals surface area contributed by atoms with Crippen LogP contribution < -0.4 is 0 Å². The third kappa shape index (κ3) is 3.29. The van der Waals surface area contributed by atoms with E-state index in [-0.39, 0.29) is 11.9 Å². The lowest BCUT2D eigenvalue weighted by Crippen LogP contribution is -2.36. The van der Waals surface area contributed by atoms with E-state index in [4.69, 9.17) is 23.2 Å². The topological polar surface area (TPSA) is 20.3 Å². The Morgan fingerprint density at radius 1 is 1.09 bits per heavy atom.